The van der Waals surface area contributed by atoms with Crippen molar-refractivity contribution in [2.45, 2.75) is 51.6 Å². The van der Waals surface area contributed by atoms with Crippen molar-refractivity contribution in [3.63, 3.8) is 0 Å². The van der Waals surface area contributed by atoms with Gasteiger partial charge in [0.1, 0.15) is 8.24 Å². The molecule has 3 heteroatoms. The van der Waals surface area contributed by atoms with E-state index in [1.165, 1.54) is 5.47 Å². The summed E-state index contributed by atoms with van der Waals surface area (Å²) in [6.07, 6.45) is 12.9. The zero-order valence-electron chi connectivity index (χ0n) is 13.2. The number of allylic oxidation sites excluding steroid dienone is 5. The Labute approximate surface area is 121 Å². The molecule has 0 N–H and O–H groups in total. The molecule has 1 aliphatic heterocycles. The van der Waals surface area contributed by atoms with Crippen LogP contribution in [0.3, 0.4) is 0 Å². The Morgan fingerprint density at radius 3 is 2.42 bits per heavy atom. The molecule has 1 heterocycles. The average molecular weight is 273 g/mol. The van der Waals surface area contributed by atoms with Gasteiger partial charge in [-0.25, -0.2) is 0 Å². The van der Waals surface area contributed by atoms with E-state index in [0.717, 1.165) is 12.7 Å². The van der Waals surface area contributed by atoms with Crippen molar-refractivity contribution >= 4 is 15.1 Å². The van der Waals surface area contributed by atoms with Crippen LogP contribution in [0.25, 0.3) is 0 Å². The fraction of sp³-hybridized carbons (Fsp3) is 0.500. The summed E-state index contributed by atoms with van der Waals surface area (Å²) in [6.45, 7) is 20.3. The standard InChI is InChI=1S/C16H28BNSi/c1-8-10-13-17-15(9-2)12-11-14-18(17)19(6,7)16(3,4)5/h8-9,11-12,14H,1-2,10,13H2,3-7H3. The summed E-state index contributed by atoms with van der Waals surface area (Å²) >= 11 is 0. The Bertz CT molecular complexity index is 401. The van der Waals surface area contributed by atoms with Gasteiger partial charge in [-0.2, -0.15) is 0 Å². The van der Waals surface area contributed by atoms with Crippen LogP contribution in [0.4, 0.5) is 0 Å². The molecule has 0 aromatic carbocycles. The molecule has 0 atom stereocenters. The number of hydrogen-bond acceptors (Lipinski definition) is 1. The molecule has 0 saturated carbocycles. The first kappa shape index (κ1) is 16.1. The molecular formula is C16H28BNSi. The lowest BCUT2D eigenvalue weighted by Gasteiger charge is -2.50. The molecule has 0 aromatic rings. The monoisotopic (exact) mass is 273 g/mol. The number of nitrogens with zero attached hydrogens (tertiary/aromatic N) is 1. The van der Waals surface area contributed by atoms with E-state index >= 15 is 0 Å². The van der Waals surface area contributed by atoms with Crippen molar-refractivity contribution < 1.29 is 0 Å². The fourth-order valence-electron chi connectivity index (χ4n) is 2.37. The van der Waals surface area contributed by atoms with E-state index in [1.54, 1.807) is 0 Å². The summed E-state index contributed by atoms with van der Waals surface area (Å²) < 4.78 is 2.63. The van der Waals surface area contributed by atoms with Gasteiger partial charge in [-0.15, -0.1) is 6.58 Å². The third-order valence-corrected chi connectivity index (χ3v) is 10.0. The zero-order chi connectivity index (χ0) is 14.7. The molecule has 1 aliphatic rings. The first-order chi connectivity index (χ1) is 8.75. The maximum atomic E-state index is 3.98. The first-order valence-corrected chi connectivity index (χ1v) is 10.1. The van der Waals surface area contributed by atoms with Gasteiger partial charge in [-0.05, 0) is 30.1 Å². The van der Waals surface area contributed by atoms with E-state index in [0.29, 0.717) is 11.9 Å². The minimum Gasteiger partial charge on any atom is -0.444 e. The molecule has 104 valence electrons. The van der Waals surface area contributed by atoms with Crippen LogP contribution < -0.4 is 0 Å². The molecule has 0 unspecified atom stereocenters. The third kappa shape index (κ3) is 3.33. The Kier molecular flexibility index (Phi) is 5.08. The van der Waals surface area contributed by atoms with Gasteiger partial charge in [0.25, 0.3) is 6.85 Å². The zero-order valence-corrected chi connectivity index (χ0v) is 14.2. The van der Waals surface area contributed by atoms with Crippen molar-refractivity contribution in [3.05, 3.63) is 49.1 Å². The van der Waals surface area contributed by atoms with Crippen LogP contribution in [-0.2, 0) is 0 Å². The van der Waals surface area contributed by atoms with Gasteiger partial charge >= 0.3 is 0 Å². The molecule has 0 aliphatic carbocycles. The molecule has 0 bridgehead atoms. The molecule has 0 aromatic heterocycles. The van der Waals surface area contributed by atoms with Gasteiger partial charge in [-0.3, -0.25) is 0 Å². The van der Waals surface area contributed by atoms with Crippen LogP contribution in [0.2, 0.25) is 24.5 Å². The Morgan fingerprint density at radius 2 is 1.95 bits per heavy atom. The average Bonchev–Trinajstić information content (AvgIpc) is 2.34. The summed E-state index contributed by atoms with van der Waals surface area (Å²) in [4.78, 5) is 0. The van der Waals surface area contributed by atoms with Crippen LogP contribution in [-0.4, -0.2) is 19.6 Å². The fourth-order valence-corrected chi connectivity index (χ4v) is 4.66. The van der Waals surface area contributed by atoms with Crippen molar-refractivity contribution in [2.75, 3.05) is 0 Å². The molecule has 19 heavy (non-hydrogen) atoms. The van der Waals surface area contributed by atoms with Crippen molar-refractivity contribution in [1.29, 1.82) is 0 Å². The maximum absolute atomic E-state index is 3.98. The highest BCUT2D eigenvalue weighted by molar-refractivity contribution is 6.88. The Hall–Kier alpha value is -0.958. The third-order valence-electron chi connectivity index (χ3n) is 4.62. The molecule has 0 radical (unpaired) electrons. The van der Waals surface area contributed by atoms with Gasteiger partial charge in [0, 0.05) is 0 Å². The highest BCUT2D eigenvalue weighted by atomic mass is 28.3. The Balaban J connectivity index is 3.10. The van der Waals surface area contributed by atoms with Crippen LogP contribution in [0, 0.1) is 0 Å². The normalized spacial score (nSPS) is 16.4. The summed E-state index contributed by atoms with van der Waals surface area (Å²) in [7, 11) is -1.55. The lowest BCUT2D eigenvalue weighted by Crippen LogP contribution is -2.59. The molecule has 0 spiro atoms. The Morgan fingerprint density at radius 1 is 1.32 bits per heavy atom. The molecule has 0 fully saturated rings. The van der Waals surface area contributed by atoms with Gasteiger partial charge in [-0.1, -0.05) is 64.1 Å². The van der Waals surface area contributed by atoms with Crippen LogP contribution in [0.15, 0.2) is 49.1 Å². The number of rotatable bonds is 5. The molecule has 1 nitrogen and oxygen atoms in total. The van der Waals surface area contributed by atoms with Gasteiger partial charge in [0.15, 0.2) is 0 Å². The van der Waals surface area contributed by atoms with E-state index in [4.69, 9.17) is 0 Å². The highest BCUT2D eigenvalue weighted by Gasteiger charge is 2.44. The smallest absolute Gasteiger partial charge is 0.280 e. The second-order valence-corrected chi connectivity index (χ2v) is 11.9. The quantitative estimate of drug-likeness (QED) is 0.501. The molecular weight excluding hydrogens is 245 g/mol. The van der Waals surface area contributed by atoms with Crippen LogP contribution >= 0.6 is 0 Å². The van der Waals surface area contributed by atoms with E-state index in [9.17, 15) is 0 Å². The van der Waals surface area contributed by atoms with Crippen molar-refractivity contribution in [3.8, 4) is 0 Å². The first-order valence-electron chi connectivity index (χ1n) is 7.16. The SMILES string of the molecule is C=CCCB1C(C=C)=CC=CN1[Si](C)(C)C(C)(C)C. The van der Waals surface area contributed by atoms with Crippen LogP contribution in [0.5, 0.6) is 0 Å². The maximum Gasteiger partial charge on any atom is 0.280 e. The van der Waals surface area contributed by atoms with Crippen LogP contribution in [0.1, 0.15) is 27.2 Å². The topological polar surface area (TPSA) is 3.24 Å². The lowest BCUT2D eigenvalue weighted by molar-refractivity contribution is 0.649. The van der Waals surface area contributed by atoms with Crippen molar-refractivity contribution in [2.24, 2.45) is 0 Å². The summed E-state index contributed by atoms with van der Waals surface area (Å²) in [5.41, 5.74) is 1.34. The van der Waals surface area contributed by atoms with Crippen molar-refractivity contribution in [1.82, 2.24) is 4.48 Å². The highest BCUT2D eigenvalue weighted by Crippen LogP contribution is 2.41. The van der Waals surface area contributed by atoms with E-state index in [2.05, 4.69) is 69.9 Å². The lowest BCUT2D eigenvalue weighted by atomic mass is 9.51. The number of hydrogen-bond donors (Lipinski definition) is 0. The summed E-state index contributed by atoms with van der Waals surface area (Å²) in [5, 5.41) is 0.341. The summed E-state index contributed by atoms with van der Waals surface area (Å²) in [6, 6.07) is 0. The second kappa shape index (κ2) is 6.00. The molecule has 0 amide bonds. The van der Waals surface area contributed by atoms with Gasteiger partial charge in [0.05, 0.1) is 0 Å². The van der Waals surface area contributed by atoms with E-state index < -0.39 is 8.24 Å². The minimum absolute atomic E-state index is 0.341. The molecule has 1 rings (SSSR count). The molecule has 0 saturated heterocycles. The predicted octanol–water partition coefficient (Wildman–Crippen LogP) is 5.04. The second-order valence-electron chi connectivity index (χ2n) is 6.81. The summed E-state index contributed by atoms with van der Waals surface area (Å²) in [5.74, 6) is 0. The predicted molar refractivity (Wildman–Crippen MR) is 91.8 cm³/mol. The minimum atomic E-state index is -1.55. The largest absolute Gasteiger partial charge is 0.444 e. The van der Waals surface area contributed by atoms with Gasteiger partial charge < -0.3 is 4.48 Å². The van der Waals surface area contributed by atoms with E-state index in [1.807, 2.05) is 12.2 Å². The van der Waals surface area contributed by atoms with E-state index in [-0.39, 0.29) is 0 Å². The van der Waals surface area contributed by atoms with Gasteiger partial charge in [0.2, 0.25) is 0 Å².